The van der Waals surface area contributed by atoms with Crippen LogP contribution in [-0.4, -0.2) is 24.0 Å². The van der Waals surface area contributed by atoms with Crippen molar-refractivity contribution in [2.75, 3.05) is 18.0 Å². The van der Waals surface area contributed by atoms with Crippen molar-refractivity contribution in [2.45, 2.75) is 33.2 Å². The first-order chi connectivity index (χ1) is 11.6. The number of pyridine rings is 1. The van der Waals surface area contributed by atoms with Gasteiger partial charge >= 0.3 is 0 Å². The highest BCUT2D eigenvalue weighted by Gasteiger charge is 2.09. The molecule has 128 valence electrons. The van der Waals surface area contributed by atoms with E-state index in [0.717, 1.165) is 37.3 Å². The second kappa shape index (κ2) is 9.01. The monoisotopic (exact) mass is 329 g/mol. The summed E-state index contributed by atoms with van der Waals surface area (Å²) in [7, 11) is 0. The highest BCUT2D eigenvalue weighted by Crippen LogP contribution is 2.13. The minimum Gasteiger partial charge on any atom is -0.357 e. The molecule has 0 saturated carbocycles. The van der Waals surface area contributed by atoms with Crippen LogP contribution in [0.2, 0.25) is 0 Å². The number of amides is 1. The number of hydrogen-bond acceptors (Lipinski definition) is 3. The van der Waals surface area contributed by atoms with Gasteiger partial charge in [0.15, 0.2) is 0 Å². The Labute approximate surface area is 142 Å². The molecule has 0 radical (unpaired) electrons. The fourth-order valence-corrected chi connectivity index (χ4v) is 2.47. The quantitative estimate of drug-likeness (QED) is 0.802. The van der Waals surface area contributed by atoms with E-state index in [1.807, 2.05) is 6.07 Å². The number of benzene rings is 1. The summed E-state index contributed by atoms with van der Waals surface area (Å²) < 4.78 is 12.9. The van der Waals surface area contributed by atoms with Crippen molar-refractivity contribution in [3.8, 4) is 0 Å². The lowest BCUT2D eigenvalue weighted by molar-refractivity contribution is 0.0950. The Bertz CT molecular complexity index is 635. The van der Waals surface area contributed by atoms with Crippen molar-refractivity contribution >= 4 is 11.7 Å². The normalized spacial score (nSPS) is 10.5. The molecule has 1 heterocycles. The van der Waals surface area contributed by atoms with Gasteiger partial charge in [0.1, 0.15) is 11.6 Å². The molecule has 0 fully saturated rings. The molecule has 0 atom stereocenters. The molecule has 5 heteroatoms. The van der Waals surface area contributed by atoms with Crippen molar-refractivity contribution in [2.24, 2.45) is 0 Å². The van der Waals surface area contributed by atoms with Crippen LogP contribution in [0.1, 0.15) is 42.6 Å². The van der Waals surface area contributed by atoms with Gasteiger partial charge < -0.3 is 10.2 Å². The molecule has 1 aromatic carbocycles. The predicted molar refractivity (Wildman–Crippen MR) is 94.6 cm³/mol. The van der Waals surface area contributed by atoms with Crippen molar-refractivity contribution < 1.29 is 9.18 Å². The Kier molecular flexibility index (Phi) is 6.73. The first kappa shape index (κ1) is 17.9. The van der Waals surface area contributed by atoms with E-state index in [1.54, 1.807) is 24.4 Å². The van der Waals surface area contributed by atoms with Crippen LogP contribution in [0, 0.1) is 5.82 Å². The zero-order valence-corrected chi connectivity index (χ0v) is 14.3. The number of carbonyl (C=O) groups is 1. The molecule has 0 aliphatic rings. The Morgan fingerprint density at radius 1 is 1.08 bits per heavy atom. The fraction of sp³-hybridized carbons (Fsp3) is 0.368. The van der Waals surface area contributed by atoms with Crippen molar-refractivity contribution in [1.82, 2.24) is 10.3 Å². The summed E-state index contributed by atoms with van der Waals surface area (Å²) in [6.45, 7) is 6.55. The van der Waals surface area contributed by atoms with Gasteiger partial charge in [-0.2, -0.15) is 0 Å². The average Bonchev–Trinajstić information content (AvgIpc) is 2.61. The molecule has 0 spiro atoms. The van der Waals surface area contributed by atoms with Crippen LogP contribution in [0.15, 0.2) is 42.6 Å². The number of nitrogens with zero attached hydrogens (tertiary/aromatic N) is 2. The van der Waals surface area contributed by atoms with Crippen LogP contribution in [0.4, 0.5) is 10.2 Å². The lowest BCUT2D eigenvalue weighted by atomic mass is 10.2. The molecule has 0 bridgehead atoms. The van der Waals surface area contributed by atoms with Crippen LogP contribution in [-0.2, 0) is 6.54 Å². The SMILES string of the molecule is CCCN(CCC)c1ccc(C(=O)NCc2ccc(F)cc2)cn1. The minimum atomic E-state index is -0.284. The molecule has 1 aromatic heterocycles. The average molecular weight is 329 g/mol. The van der Waals surface area contributed by atoms with E-state index in [0.29, 0.717) is 12.1 Å². The highest BCUT2D eigenvalue weighted by atomic mass is 19.1. The topological polar surface area (TPSA) is 45.2 Å². The molecule has 4 nitrogen and oxygen atoms in total. The summed E-state index contributed by atoms with van der Waals surface area (Å²) in [6.07, 6.45) is 3.72. The summed E-state index contributed by atoms with van der Waals surface area (Å²) in [4.78, 5) is 18.8. The van der Waals surface area contributed by atoms with Gasteiger partial charge in [-0.25, -0.2) is 9.37 Å². The van der Waals surface area contributed by atoms with E-state index in [-0.39, 0.29) is 11.7 Å². The fourth-order valence-electron chi connectivity index (χ4n) is 2.47. The predicted octanol–water partition coefficient (Wildman–Crippen LogP) is 3.78. The van der Waals surface area contributed by atoms with Gasteiger partial charge in [0.2, 0.25) is 0 Å². The molecule has 2 aromatic rings. The van der Waals surface area contributed by atoms with Crippen LogP contribution in [0.5, 0.6) is 0 Å². The van der Waals surface area contributed by atoms with E-state index in [9.17, 15) is 9.18 Å². The van der Waals surface area contributed by atoms with E-state index >= 15 is 0 Å². The first-order valence-electron chi connectivity index (χ1n) is 8.37. The summed E-state index contributed by atoms with van der Waals surface area (Å²) in [5.74, 6) is 0.429. The second-order valence-corrected chi connectivity index (χ2v) is 5.70. The number of rotatable bonds is 8. The van der Waals surface area contributed by atoms with Crippen LogP contribution in [0.3, 0.4) is 0 Å². The van der Waals surface area contributed by atoms with Gasteiger partial charge in [0.05, 0.1) is 5.56 Å². The summed E-state index contributed by atoms with van der Waals surface area (Å²) in [5.41, 5.74) is 1.38. The van der Waals surface area contributed by atoms with Crippen molar-refractivity contribution in [3.63, 3.8) is 0 Å². The molecule has 0 unspecified atom stereocenters. The zero-order valence-electron chi connectivity index (χ0n) is 14.3. The molecular formula is C19H24FN3O. The largest absolute Gasteiger partial charge is 0.357 e. The summed E-state index contributed by atoms with van der Waals surface area (Å²) in [5, 5.41) is 2.82. The van der Waals surface area contributed by atoms with Crippen LogP contribution >= 0.6 is 0 Å². The van der Waals surface area contributed by atoms with E-state index in [1.165, 1.54) is 12.1 Å². The maximum atomic E-state index is 12.9. The van der Waals surface area contributed by atoms with Crippen molar-refractivity contribution in [3.05, 3.63) is 59.5 Å². The lowest BCUT2D eigenvalue weighted by Crippen LogP contribution is -2.26. The second-order valence-electron chi connectivity index (χ2n) is 5.70. The first-order valence-corrected chi connectivity index (χ1v) is 8.37. The van der Waals surface area contributed by atoms with Gasteiger partial charge in [-0.3, -0.25) is 4.79 Å². The lowest BCUT2D eigenvalue weighted by Gasteiger charge is -2.22. The summed E-state index contributed by atoms with van der Waals surface area (Å²) >= 11 is 0. The molecule has 0 aliphatic heterocycles. The molecule has 1 amide bonds. The zero-order chi connectivity index (χ0) is 17.4. The molecule has 1 N–H and O–H groups in total. The third-order valence-corrected chi connectivity index (χ3v) is 3.69. The van der Waals surface area contributed by atoms with Gasteiger partial charge in [0.25, 0.3) is 5.91 Å². The molecule has 24 heavy (non-hydrogen) atoms. The van der Waals surface area contributed by atoms with Crippen LogP contribution < -0.4 is 10.2 Å². The Morgan fingerprint density at radius 2 is 1.75 bits per heavy atom. The van der Waals surface area contributed by atoms with E-state index < -0.39 is 0 Å². The molecule has 0 saturated heterocycles. The number of carbonyl (C=O) groups excluding carboxylic acids is 1. The number of halogens is 1. The van der Waals surface area contributed by atoms with Crippen molar-refractivity contribution in [1.29, 1.82) is 0 Å². The maximum absolute atomic E-state index is 12.9. The molecule has 0 aliphatic carbocycles. The smallest absolute Gasteiger partial charge is 0.253 e. The molecular weight excluding hydrogens is 305 g/mol. The third kappa shape index (κ3) is 5.05. The third-order valence-electron chi connectivity index (χ3n) is 3.69. The minimum absolute atomic E-state index is 0.184. The number of nitrogens with one attached hydrogen (secondary N) is 1. The summed E-state index contributed by atoms with van der Waals surface area (Å²) in [6, 6.07) is 9.76. The van der Waals surface area contributed by atoms with Gasteiger partial charge in [0, 0.05) is 25.8 Å². The maximum Gasteiger partial charge on any atom is 0.253 e. The Balaban J connectivity index is 1.96. The number of anilines is 1. The van der Waals surface area contributed by atoms with E-state index in [4.69, 9.17) is 0 Å². The molecule has 2 rings (SSSR count). The Hall–Kier alpha value is -2.43. The van der Waals surface area contributed by atoms with Gasteiger partial charge in [-0.1, -0.05) is 26.0 Å². The number of aromatic nitrogens is 1. The van der Waals surface area contributed by atoms with Gasteiger partial charge in [-0.15, -0.1) is 0 Å². The van der Waals surface area contributed by atoms with E-state index in [2.05, 4.69) is 29.0 Å². The highest BCUT2D eigenvalue weighted by molar-refractivity contribution is 5.94. The van der Waals surface area contributed by atoms with Gasteiger partial charge in [-0.05, 0) is 42.7 Å². The van der Waals surface area contributed by atoms with Crippen LogP contribution in [0.25, 0.3) is 0 Å². The standard InChI is InChI=1S/C19H24FN3O/c1-3-11-23(12-4-2)18-10-7-16(14-21-18)19(24)22-13-15-5-8-17(20)9-6-15/h5-10,14H,3-4,11-13H2,1-2H3,(H,22,24). The number of hydrogen-bond donors (Lipinski definition) is 1. The Morgan fingerprint density at radius 3 is 2.29 bits per heavy atom.